The van der Waals surface area contributed by atoms with Gasteiger partial charge in [0, 0.05) is 18.1 Å². The van der Waals surface area contributed by atoms with Crippen LogP contribution in [0.1, 0.15) is 56.2 Å². The van der Waals surface area contributed by atoms with Gasteiger partial charge < -0.3 is 5.32 Å². The maximum Gasteiger partial charge on any atom is 0.0455 e. The van der Waals surface area contributed by atoms with Crippen LogP contribution in [0.5, 0.6) is 0 Å². The number of rotatable bonds is 3. The normalized spacial score (nSPS) is 11.6. The predicted molar refractivity (Wildman–Crippen MR) is 86.4 cm³/mol. The van der Waals surface area contributed by atoms with Gasteiger partial charge in [0.1, 0.15) is 0 Å². The van der Waals surface area contributed by atoms with Crippen LogP contribution in [0, 0.1) is 6.92 Å². The topological polar surface area (TPSA) is 12.0 Å². The number of nitrogens with one attached hydrogen (secondary N) is 1. The number of hydrogen-bond donors (Lipinski definition) is 1. The van der Waals surface area contributed by atoms with E-state index < -0.39 is 0 Å². The van der Waals surface area contributed by atoms with E-state index in [2.05, 4.69) is 64.2 Å². The summed E-state index contributed by atoms with van der Waals surface area (Å²) in [7, 11) is 2.03. The summed E-state index contributed by atoms with van der Waals surface area (Å²) < 4.78 is 0. The molecule has 102 valence electrons. The minimum absolute atomic E-state index is 0.536. The van der Waals surface area contributed by atoms with E-state index in [4.69, 9.17) is 0 Å². The van der Waals surface area contributed by atoms with Crippen LogP contribution in [0.25, 0.3) is 10.8 Å². The molecule has 0 bridgehead atoms. The first-order valence-electron chi connectivity index (χ1n) is 7.21. The summed E-state index contributed by atoms with van der Waals surface area (Å²) in [4.78, 5) is 0. The van der Waals surface area contributed by atoms with Crippen LogP contribution in [-0.2, 0) is 0 Å². The summed E-state index contributed by atoms with van der Waals surface area (Å²) in [5.74, 6) is 1.10. The molecule has 0 heterocycles. The van der Waals surface area contributed by atoms with E-state index in [-0.39, 0.29) is 0 Å². The molecule has 1 nitrogen and oxygen atoms in total. The molecule has 2 aromatic rings. The summed E-state index contributed by atoms with van der Waals surface area (Å²) in [6.45, 7) is 11.3. The van der Waals surface area contributed by atoms with E-state index in [0.29, 0.717) is 11.8 Å². The maximum absolute atomic E-state index is 3.43. The van der Waals surface area contributed by atoms with Crippen LogP contribution in [0.15, 0.2) is 24.3 Å². The van der Waals surface area contributed by atoms with Crippen molar-refractivity contribution >= 4 is 16.5 Å². The first-order chi connectivity index (χ1) is 8.97. The Morgan fingerprint density at radius 3 is 1.84 bits per heavy atom. The van der Waals surface area contributed by atoms with Crippen molar-refractivity contribution in [2.45, 2.75) is 46.5 Å². The van der Waals surface area contributed by atoms with Crippen LogP contribution in [0.3, 0.4) is 0 Å². The predicted octanol–water partition coefficient (Wildman–Crippen LogP) is 5.44. The Morgan fingerprint density at radius 1 is 0.842 bits per heavy atom. The highest BCUT2D eigenvalue weighted by atomic mass is 14.8. The molecule has 0 atom stereocenters. The number of fused-ring (bicyclic) bond motifs is 1. The van der Waals surface area contributed by atoms with E-state index in [9.17, 15) is 0 Å². The van der Waals surface area contributed by atoms with Gasteiger partial charge in [-0.2, -0.15) is 0 Å². The zero-order valence-electron chi connectivity index (χ0n) is 13.0. The average molecular weight is 255 g/mol. The molecular formula is C18H25N. The molecule has 0 radical (unpaired) electrons. The third-order valence-electron chi connectivity index (χ3n) is 4.01. The highest BCUT2D eigenvalue weighted by molar-refractivity contribution is 5.99. The second-order valence-electron chi connectivity index (χ2n) is 5.97. The second kappa shape index (κ2) is 5.24. The van der Waals surface area contributed by atoms with Crippen molar-refractivity contribution in [3.05, 3.63) is 41.0 Å². The highest BCUT2D eigenvalue weighted by Crippen LogP contribution is 2.36. The lowest BCUT2D eigenvalue weighted by atomic mass is 9.89. The number of anilines is 1. The summed E-state index contributed by atoms with van der Waals surface area (Å²) in [5.41, 5.74) is 5.57. The van der Waals surface area contributed by atoms with Crippen LogP contribution < -0.4 is 5.32 Å². The molecule has 2 rings (SSSR count). The third kappa shape index (κ3) is 2.34. The number of hydrogen-bond acceptors (Lipinski definition) is 1. The van der Waals surface area contributed by atoms with Crippen LogP contribution >= 0.6 is 0 Å². The Hall–Kier alpha value is -1.50. The summed E-state index contributed by atoms with van der Waals surface area (Å²) in [6.07, 6.45) is 0. The van der Waals surface area contributed by atoms with Crippen molar-refractivity contribution in [1.29, 1.82) is 0 Å². The van der Waals surface area contributed by atoms with E-state index in [0.717, 1.165) is 0 Å². The average Bonchev–Trinajstić information content (AvgIpc) is 2.37. The molecule has 0 amide bonds. The van der Waals surface area contributed by atoms with Crippen LogP contribution in [0.2, 0.25) is 0 Å². The monoisotopic (exact) mass is 255 g/mol. The minimum Gasteiger partial charge on any atom is -0.387 e. The summed E-state index contributed by atoms with van der Waals surface area (Å²) >= 11 is 0. The Morgan fingerprint density at radius 2 is 1.37 bits per heavy atom. The van der Waals surface area contributed by atoms with Crippen molar-refractivity contribution in [3.63, 3.8) is 0 Å². The quantitative estimate of drug-likeness (QED) is 0.770. The van der Waals surface area contributed by atoms with Gasteiger partial charge >= 0.3 is 0 Å². The molecule has 1 N–H and O–H groups in total. The minimum atomic E-state index is 0.536. The van der Waals surface area contributed by atoms with Crippen molar-refractivity contribution in [2.24, 2.45) is 0 Å². The molecule has 2 aromatic carbocycles. The van der Waals surface area contributed by atoms with Gasteiger partial charge in [0.05, 0.1) is 0 Å². The summed E-state index contributed by atoms with van der Waals surface area (Å²) in [5, 5.41) is 6.14. The van der Waals surface area contributed by atoms with E-state index >= 15 is 0 Å². The highest BCUT2D eigenvalue weighted by Gasteiger charge is 2.14. The van der Waals surface area contributed by atoms with Crippen molar-refractivity contribution in [3.8, 4) is 0 Å². The molecule has 0 aromatic heterocycles. The van der Waals surface area contributed by atoms with Crippen molar-refractivity contribution in [1.82, 2.24) is 0 Å². The first kappa shape index (κ1) is 13.9. The van der Waals surface area contributed by atoms with Crippen molar-refractivity contribution in [2.75, 3.05) is 12.4 Å². The molecule has 0 spiro atoms. The SMILES string of the molecule is CNc1c(C(C)C)ccc2ccc(C(C)C)c(C)c12. The standard InChI is InChI=1S/C18H25N/c1-11(2)15-9-7-14-8-10-16(12(3)4)18(19-6)17(14)13(15)5/h7-12,19H,1-6H3. The van der Waals surface area contributed by atoms with Crippen LogP contribution in [-0.4, -0.2) is 7.05 Å². The fourth-order valence-electron chi connectivity index (χ4n) is 3.00. The zero-order chi connectivity index (χ0) is 14.2. The Labute approximate surface area is 117 Å². The number of benzene rings is 2. The Balaban J connectivity index is 2.85. The van der Waals surface area contributed by atoms with Gasteiger partial charge in [0.25, 0.3) is 0 Å². The van der Waals surface area contributed by atoms with Gasteiger partial charge in [-0.05, 0) is 40.8 Å². The zero-order valence-corrected chi connectivity index (χ0v) is 13.0. The molecule has 0 fully saturated rings. The van der Waals surface area contributed by atoms with Gasteiger partial charge in [-0.3, -0.25) is 0 Å². The van der Waals surface area contributed by atoms with Gasteiger partial charge in [-0.15, -0.1) is 0 Å². The smallest absolute Gasteiger partial charge is 0.0455 e. The molecule has 0 aliphatic carbocycles. The van der Waals surface area contributed by atoms with E-state index in [1.54, 1.807) is 0 Å². The summed E-state index contributed by atoms with van der Waals surface area (Å²) in [6, 6.07) is 9.04. The second-order valence-corrected chi connectivity index (χ2v) is 5.97. The lowest BCUT2D eigenvalue weighted by Gasteiger charge is -2.19. The van der Waals surface area contributed by atoms with Crippen LogP contribution in [0.4, 0.5) is 5.69 Å². The largest absolute Gasteiger partial charge is 0.387 e. The fraction of sp³-hybridized carbons (Fsp3) is 0.444. The fourth-order valence-corrected chi connectivity index (χ4v) is 3.00. The van der Waals surface area contributed by atoms with Gasteiger partial charge in [-0.25, -0.2) is 0 Å². The Bertz CT molecular complexity index is 589. The third-order valence-corrected chi connectivity index (χ3v) is 4.01. The number of aryl methyl sites for hydroxylation is 1. The molecule has 0 unspecified atom stereocenters. The molecular weight excluding hydrogens is 230 g/mol. The van der Waals surface area contributed by atoms with Crippen molar-refractivity contribution < 1.29 is 0 Å². The van der Waals surface area contributed by atoms with Gasteiger partial charge in [0.15, 0.2) is 0 Å². The maximum atomic E-state index is 3.43. The van der Waals surface area contributed by atoms with Gasteiger partial charge in [0.2, 0.25) is 0 Å². The molecule has 0 saturated carbocycles. The molecule has 1 heteroatoms. The molecule has 0 aliphatic rings. The molecule has 0 saturated heterocycles. The van der Waals surface area contributed by atoms with Gasteiger partial charge in [-0.1, -0.05) is 52.0 Å². The Kier molecular flexibility index (Phi) is 3.84. The lowest BCUT2D eigenvalue weighted by Crippen LogP contribution is -2.01. The van der Waals surface area contributed by atoms with E-state index in [1.807, 2.05) is 7.05 Å². The first-order valence-corrected chi connectivity index (χ1v) is 7.21. The lowest BCUT2D eigenvalue weighted by molar-refractivity contribution is 0.858. The molecule has 19 heavy (non-hydrogen) atoms. The molecule has 0 aliphatic heterocycles. The van der Waals surface area contributed by atoms with E-state index in [1.165, 1.54) is 33.2 Å².